The van der Waals surface area contributed by atoms with E-state index in [2.05, 4.69) is 10.6 Å². The summed E-state index contributed by atoms with van der Waals surface area (Å²) in [4.78, 5) is 12.7. The minimum absolute atomic E-state index is 0.0451. The molecule has 0 saturated heterocycles. The second-order valence-electron chi connectivity index (χ2n) is 6.34. The maximum absolute atomic E-state index is 12.4. The maximum atomic E-state index is 12.4. The summed E-state index contributed by atoms with van der Waals surface area (Å²) in [5, 5.41) is 8.01. The molecule has 0 bridgehead atoms. The van der Waals surface area contributed by atoms with Crippen LogP contribution in [-0.4, -0.2) is 27.1 Å². The summed E-state index contributed by atoms with van der Waals surface area (Å²) in [5.74, 6) is -0.196. The molecule has 0 unspecified atom stereocenters. The molecule has 27 heavy (non-hydrogen) atoms. The summed E-state index contributed by atoms with van der Waals surface area (Å²) in [6, 6.07) is 18.7. The summed E-state index contributed by atoms with van der Waals surface area (Å²) >= 11 is 0. The second-order valence-corrected chi connectivity index (χ2v) is 8.32. The lowest BCUT2D eigenvalue weighted by molar-refractivity contribution is -0.114. The SMILES string of the molecule is CCc1c(NCC(=O)Nc2cccc3ccccc23)cccc1S(C)(=O)=O. The zero-order valence-corrected chi connectivity index (χ0v) is 16.1. The van der Waals surface area contributed by atoms with Crippen LogP contribution in [0, 0.1) is 0 Å². The van der Waals surface area contributed by atoms with Gasteiger partial charge in [0.25, 0.3) is 0 Å². The third-order valence-corrected chi connectivity index (χ3v) is 5.57. The summed E-state index contributed by atoms with van der Waals surface area (Å²) < 4.78 is 23.9. The van der Waals surface area contributed by atoms with Crippen LogP contribution in [0.25, 0.3) is 10.8 Å². The Bertz CT molecular complexity index is 1090. The van der Waals surface area contributed by atoms with E-state index in [1.807, 2.05) is 49.4 Å². The normalized spacial score (nSPS) is 11.3. The van der Waals surface area contributed by atoms with Gasteiger partial charge in [-0.3, -0.25) is 4.79 Å². The monoisotopic (exact) mass is 382 g/mol. The molecule has 0 aliphatic carbocycles. The lowest BCUT2D eigenvalue weighted by Crippen LogP contribution is -2.22. The fraction of sp³-hybridized carbons (Fsp3) is 0.190. The molecule has 6 heteroatoms. The van der Waals surface area contributed by atoms with E-state index in [9.17, 15) is 13.2 Å². The molecule has 0 aliphatic rings. The minimum Gasteiger partial charge on any atom is -0.376 e. The molecule has 0 saturated carbocycles. The van der Waals surface area contributed by atoms with Crippen molar-refractivity contribution in [1.82, 2.24) is 0 Å². The molecule has 3 aromatic carbocycles. The summed E-state index contributed by atoms with van der Waals surface area (Å²) in [6.07, 6.45) is 1.75. The van der Waals surface area contributed by atoms with Crippen LogP contribution in [0.5, 0.6) is 0 Å². The molecule has 0 atom stereocenters. The van der Waals surface area contributed by atoms with Crippen LogP contribution in [-0.2, 0) is 21.1 Å². The van der Waals surface area contributed by atoms with Crippen molar-refractivity contribution in [3.05, 3.63) is 66.2 Å². The summed E-state index contributed by atoms with van der Waals surface area (Å²) in [7, 11) is -3.32. The van der Waals surface area contributed by atoms with Gasteiger partial charge in [-0.25, -0.2) is 8.42 Å². The fourth-order valence-electron chi connectivity index (χ4n) is 3.15. The van der Waals surface area contributed by atoms with Crippen LogP contribution < -0.4 is 10.6 Å². The van der Waals surface area contributed by atoms with Crippen LogP contribution in [0.15, 0.2) is 65.6 Å². The van der Waals surface area contributed by atoms with Gasteiger partial charge in [-0.05, 0) is 35.6 Å². The average molecular weight is 382 g/mol. The van der Waals surface area contributed by atoms with Crippen LogP contribution in [0.4, 0.5) is 11.4 Å². The van der Waals surface area contributed by atoms with Crippen molar-refractivity contribution in [2.75, 3.05) is 23.4 Å². The largest absolute Gasteiger partial charge is 0.376 e. The van der Waals surface area contributed by atoms with Gasteiger partial charge in [-0.2, -0.15) is 0 Å². The van der Waals surface area contributed by atoms with Crippen LogP contribution in [0.1, 0.15) is 12.5 Å². The molecule has 1 amide bonds. The topological polar surface area (TPSA) is 75.3 Å². The predicted molar refractivity (Wildman–Crippen MR) is 110 cm³/mol. The van der Waals surface area contributed by atoms with Gasteiger partial charge in [0.05, 0.1) is 11.4 Å². The van der Waals surface area contributed by atoms with E-state index in [0.717, 1.165) is 16.5 Å². The fourth-order valence-corrected chi connectivity index (χ4v) is 4.18. The lowest BCUT2D eigenvalue weighted by atomic mass is 10.1. The van der Waals surface area contributed by atoms with Gasteiger partial charge in [-0.15, -0.1) is 0 Å². The molecular formula is C21H22N2O3S. The zero-order chi connectivity index (χ0) is 19.4. The smallest absolute Gasteiger partial charge is 0.243 e. The number of nitrogens with one attached hydrogen (secondary N) is 2. The van der Waals surface area contributed by atoms with Crippen LogP contribution in [0.3, 0.4) is 0 Å². The predicted octanol–water partition coefficient (Wildman–Crippen LogP) is 3.86. The van der Waals surface area contributed by atoms with Crippen LogP contribution >= 0.6 is 0 Å². The molecule has 2 N–H and O–H groups in total. The first-order valence-corrected chi connectivity index (χ1v) is 10.6. The Morgan fingerprint density at radius 2 is 1.59 bits per heavy atom. The first-order chi connectivity index (χ1) is 12.9. The molecule has 0 radical (unpaired) electrons. The molecule has 0 aliphatic heterocycles. The van der Waals surface area contributed by atoms with Crippen molar-refractivity contribution >= 4 is 37.9 Å². The number of carbonyl (C=O) groups excluding carboxylic acids is 1. The first kappa shape index (κ1) is 18.9. The molecule has 0 heterocycles. The molecule has 3 rings (SSSR count). The highest BCUT2D eigenvalue weighted by Gasteiger charge is 2.15. The molecule has 0 aromatic heterocycles. The van der Waals surface area contributed by atoms with Crippen molar-refractivity contribution in [1.29, 1.82) is 0 Å². The van der Waals surface area contributed by atoms with Crippen molar-refractivity contribution in [3.63, 3.8) is 0 Å². The van der Waals surface area contributed by atoms with Gasteiger partial charge in [0.1, 0.15) is 0 Å². The molecule has 0 spiro atoms. The number of fused-ring (bicyclic) bond motifs is 1. The van der Waals surface area contributed by atoms with Gasteiger partial charge < -0.3 is 10.6 Å². The number of amides is 1. The van der Waals surface area contributed by atoms with Gasteiger partial charge >= 0.3 is 0 Å². The molecule has 5 nitrogen and oxygen atoms in total. The average Bonchev–Trinajstić information content (AvgIpc) is 2.65. The number of benzene rings is 3. The third kappa shape index (κ3) is 4.28. The Morgan fingerprint density at radius 1 is 0.926 bits per heavy atom. The molecular weight excluding hydrogens is 360 g/mol. The Morgan fingerprint density at radius 3 is 2.33 bits per heavy atom. The van der Waals surface area contributed by atoms with E-state index in [4.69, 9.17) is 0 Å². The van der Waals surface area contributed by atoms with Gasteiger partial charge in [0.15, 0.2) is 9.84 Å². The van der Waals surface area contributed by atoms with E-state index in [0.29, 0.717) is 22.6 Å². The quantitative estimate of drug-likeness (QED) is 0.679. The lowest BCUT2D eigenvalue weighted by Gasteiger charge is -2.15. The standard InChI is InChI=1S/C21H22N2O3S/c1-3-16-18(11-7-13-20(16)27(2,25)26)22-14-21(24)23-19-12-6-9-15-8-4-5-10-17(15)19/h4-13,22H,3,14H2,1-2H3,(H,23,24). The summed E-state index contributed by atoms with van der Waals surface area (Å²) in [6.45, 7) is 1.94. The number of sulfone groups is 1. The van der Waals surface area contributed by atoms with E-state index in [1.165, 1.54) is 6.26 Å². The highest BCUT2D eigenvalue weighted by molar-refractivity contribution is 7.90. The number of rotatable bonds is 6. The Labute approximate surface area is 159 Å². The first-order valence-electron chi connectivity index (χ1n) is 8.73. The van der Waals surface area contributed by atoms with Gasteiger partial charge in [-0.1, -0.05) is 49.4 Å². The molecule has 3 aromatic rings. The maximum Gasteiger partial charge on any atom is 0.243 e. The minimum atomic E-state index is -3.32. The Hall–Kier alpha value is -2.86. The Kier molecular flexibility index (Phi) is 5.46. The number of carbonyl (C=O) groups is 1. The van der Waals surface area contributed by atoms with Gasteiger partial charge in [0, 0.05) is 23.0 Å². The zero-order valence-electron chi connectivity index (χ0n) is 15.3. The highest BCUT2D eigenvalue weighted by atomic mass is 32.2. The van der Waals surface area contributed by atoms with E-state index in [1.54, 1.807) is 18.2 Å². The van der Waals surface area contributed by atoms with Crippen molar-refractivity contribution in [2.45, 2.75) is 18.2 Å². The number of hydrogen-bond acceptors (Lipinski definition) is 4. The van der Waals surface area contributed by atoms with E-state index in [-0.39, 0.29) is 12.5 Å². The van der Waals surface area contributed by atoms with Crippen molar-refractivity contribution in [2.24, 2.45) is 0 Å². The van der Waals surface area contributed by atoms with E-state index < -0.39 is 9.84 Å². The second kappa shape index (κ2) is 7.80. The molecule has 140 valence electrons. The van der Waals surface area contributed by atoms with Crippen molar-refractivity contribution < 1.29 is 13.2 Å². The van der Waals surface area contributed by atoms with Gasteiger partial charge in [0.2, 0.25) is 5.91 Å². The Balaban J connectivity index is 1.76. The molecule has 0 fully saturated rings. The van der Waals surface area contributed by atoms with Crippen molar-refractivity contribution in [3.8, 4) is 0 Å². The number of hydrogen-bond donors (Lipinski definition) is 2. The highest BCUT2D eigenvalue weighted by Crippen LogP contribution is 2.25. The third-order valence-electron chi connectivity index (χ3n) is 4.39. The number of anilines is 2. The van der Waals surface area contributed by atoms with E-state index >= 15 is 0 Å². The summed E-state index contributed by atoms with van der Waals surface area (Å²) in [5.41, 5.74) is 2.10. The van der Waals surface area contributed by atoms with Crippen LogP contribution in [0.2, 0.25) is 0 Å².